The monoisotopic (exact) mass is 141 g/mol. The first-order valence-corrected chi connectivity index (χ1v) is 3.72. The van der Waals surface area contributed by atoms with Crippen LogP contribution >= 0.6 is 0 Å². The smallest absolute Gasteiger partial charge is 0.00735 e. The van der Waals surface area contributed by atoms with E-state index in [1.54, 1.807) is 0 Å². The average Bonchev–Trinajstić information content (AvgIpc) is 1.91. The SMILES string of the molecule is C=C(C)N/C(C)=C\C.CC. The minimum absolute atomic E-state index is 0.987. The van der Waals surface area contributed by atoms with Crippen molar-refractivity contribution in [1.29, 1.82) is 0 Å². The van der Waals surface area contributed by atoms with Crippen LogP contribution in [0.3, 0.4) is 0 Å². The summed E-state index contributed by atoms with van der Waals surface area (Å²) in [6.07, 6.45) is 2.01. The molecule has 0 amide bonds. The molecule has 0 bridgehead atoms. The summed E-state index contributed by atoms with van der Waals surface area (Å²) in [6, 6.07) is 0. The molecule has 1 heteroatoms. The van der Waals surface area contributed by atoms with Crippen molar-refractivity contribution in [2.24, 2.45) is 0 Å². The first-order chi connectivity index (χ1) is 4.66. The van der Waals surface area contributed by atoms with Crippen LogP contribution in [0.15, 0.2) is 24.0 Å². The van der Waals surface area contributed by atoms with Gasteiger partial charge in [0.25, 0.3) is 0 Å². The second-order valence-corrected chi connectivity index (χ2v) is 1.88. The van der Waals surface area contributed by atoms with Crippen molar-refractivity contribution in [3.8, 4) is 0 Å². The summed E-state index contributed by atoms with van der Waals surface area (Å²) in [4.78, 5) is 0. The van der Waals surface area contributed by atoms with Crippen LogP contribution in [0, 0.1) is 0 Å². The van der Waals surface area contributed by atoms with Gasteiger partial charge in [-0.3, -0.25) is 0 Å². The van der Waals surface area contributed by atoms with Gasteiger partial charge in [0, 0.05) is 11.4 Å². The number of nitrogens with one attached hydrogen (secondary N) is 1. The molecule has 0 saturated heterocycles. The first-order valence-electron chi connectivity index (χ1n) is 3.72. The van der Waals surface area contributed by atoms with Crippen LogP contribution in [0.4, 0.5) is 0 Å². The quantitative estimate of drug-likeness (QED) is 0.623. The van der Waals surface area contributed by atoms with Crippen molar-refractivity contribution in [2.75, 3.05) is 0 Å². The van der Waals surface area contributed by atoms with E-state index in [4.69, 9.17) is 0 Å². The van der Waals surface area contributed by atoms with Gasteiger partial charge in [-0.25, -0.2) is 0 Å². The molecule has 0 aliphatic heterocycles. The molecule has 0 saturated carbocycles. The summed E-state index contributed by atoms with van der Waals surface area (Å²) in [5.41, 5.74) is 2.14. The van der Waals surface area contributed by atoms with E-state index in [1.165, 1.54) is 0 Å². The van der Waals surface area contributed by atoms with Gasteiger partial charge < -0.3 is 5.32 Å². The normalized spacial score (nSPS) is 9.50. The van der Waals surface area contributed by atoms with E-state index in [2.05, 4.69) is 11.9 Å². The Morgan fingerprint density at radius 1 is 1.30 bits per heavy atom. The fourth-order valence-electron chi connectivity index (χ4n) is 0.409. The van der Waals surface area contributed by atoms with E-state index in [-0.39, 0.29) is 0 Å². The molecule has 0 aromatic rings. The molecule has 0 aliphatic rings. The summed E-state index contributed by atoms with van der Waals surface area (Å²) < 4.78 is 0. The maximum absolute atomic E-state index is 3.69. The Morgan fingerprint density at radius 3 is 1.80 bits per heavy atom. The van der Waals surface area contributed by atoms with Crippen molar-refractivity contribution in [1.82, 2.24) is 5.32 Å². The Bertz CT molecular complexity index is 112. The minimum atomic E-state index is 0.987. The summed E-state index contributed by atoms with van der Waals surface area (Å²) >= 11 is 0. The summed E-state index contributed by atoms with van der Waals surface area (Å²) in [6.45, 7) is 13.6. The highest BCUT2D eigenvalue weighted by Gasteiger charge is 1.81. The number of hydrogen-bond acceptors (Lipinski definition) is 1. The Kier molecular flexibility index (Phi) is 9.94. The molecular formula is C9H19N. The molecular weight excluding hydrogens is 122 g/mol. The van der Waals surface area contributed by atoms with Gasteiger partial charge in [-0.05, 0) is 20.8 Å². The van der Waals surface area contributed by atoms with Gasteiger partial charge in [-0.1, -0.05) is 26.5 Å². The Morgan fingerprint density at radius 2 is 1.70 bits per heavy atom. The molecule has 0 fully saturated rings. The zero-order chi connectivity index (χ0) is 8.57. The molecule has 60 valence electrons. The van der Waals surface area contributed by atoms with Crippen LogP contribution in [0.5, 0.6) is 0 Å². The van der Waals surface area contributed by atoms with Crippen LogP contribution in [-0.2, 0) is 0 Å². The second kappa shape index (κ2) is 8.28. The molecule has 1 nitrogen and oxygen atoms in total. The van der Waals surface area contributed by atoms with E-state index in [1.807, 2.05) is 40.7 Å². The van der Waals surface area contributed by atoms with Crippen molar-refractivity contribution >= 4 is 0 Å². The van der Waals surface area contributed by atoms with Crippen LogP contribution in [0.1, 0.15) is 34.6 Å². The minimum Gasteiger partial charge on any atom is -0.364 e. The topological polar surface area (TPSA) is 12.0 Å². The maximum Gasteiger partial charge on any atom is 0.00735 e. The third kappa shape index (κ3) is 10.3. The Balaban J connectivity index is 0. The van der Waals surface area contributed by atoms with Crippen molar-refractivity contribution in [3.05, 3.63) is 24.0 Å². The Hall–Kier alpha value is -0.720. The van der Waals surface area contributed by atoms with Gasteiger partial charge in [-0.15, -0.1) is 0 Å². The van der Waals surface area contributed by atoms with E-state index in [0.717, 1.165) is 11.4 Å². The molecule has 0 radical (unpaired) electrons. The molecule has 10 heavy (non-hydrogen) atoms. The van der Waals surface area contributed by atoms with E-state index in [0.29, 0.717) is 0 Å². The lowest BCUT2D eigenvalue weighted by Gasteiger charge is -2.01. The second-order valence-electron chi connectivity index (χ2n) is 1.88. The van der Waals surface area contributed by atoms with Gasteiger partial charge in [0.15, 0.2) is 0 Å². The zero-order valence-corrected chi connectivity index (χ0v) is 7.78. The van der Waals surface area contributed by atoms with Crippen molar-refractivity contribution in [2.45, 2.75) is 34.6 Å². The van der Waals surface area contributed by atoms with E-state index < -0.39 is 0 Å². The molecule has 1 N–H and O–H groups in total. The fraction of sp³-hybridized carbons (Fsp3) is 0.556. The lowest BCUT2D eigenvalue weighted by atomic mass is 10.4. The van der Waals surface area contributed by atoms with Crippen molar-refractivity contribution in [3.63, 3.8) is 0 Å². The van der Waals surface area contributed by atoms with Gasteiger partial charge >= 0.3 is 0 Å². The fourth-order valence-corrected chi connectivity index (χ4v) is 0.409. The lowest BCUT2D eigenvalue weighted by molar-refractivity contribution is 0.970. The zero-order valence-electron chi connectivity index (χ0n) is 7.78. The summed E-state index contributed by atoms with van der Waals surface area (Å²) in [5.74, 6) is 0. The molecule has 0 unspecified atom stereocenters. The molecule has 0 heterocycles. The van der Waals surface area contributed by atoms with E-state index >= 15 is 0 Å². The molecule has 0 rings (SSSR count). The molecule has 0 aromatic heterocycles. The average molecular weight is 141 g/mol. The predicted molar refractivity (Wildman–Crippen MR) is 48.7 cm³/mol. The molecule has 0 spiro atoms. The molecule has 0 aromatic carbocycles. The third-order valence-corrected chi connectivity index (χ3v) is 0.844. The lowest BCUT2D eigenvalue weighted by Crippen LogP contribution is -2.05. The van der Waals surface area contributed by atoms with Crippen LogP contribution in [0.25, 0.3) is 0 Å². The number of allylic oxidation sites excluding steroid dienone is 3. The Labute approximate surface area is 64.8 Å². The summed E-state index contributed by atoms with van der Waals surface area (Å²) in [7, 11) is 0. The maximum atomic E-state index is 3.69. The van der Waals surface area contributed by atoms with Crippen LogP contribution < -0.4 is 5.32 Å². The highest BCUT2D eigenvalue weighted by atomic mass is 14.9. The van der Waals surface area contributed by atoms with Crippen LogP contribution in [0.2, 0.25) is 0 Å². The van der Waals surface area contributed by atoms with Gasteiger partial charge in [0.1, 0.15) is 0 Å². The van der Waals surface area contributed by atoms with Gasteiger partial charge in [0.2, 0.25) is 0 Å². The van der Waals surface area contributed by atoms with E-state index in [9.17, 15) is 0 Å². The predicted octanol–water partition coefficient (Wildman–Crippen LogP) is 3.06. The number of hydrogen-bond donors (Lipinski definition) is 1. The third-order valence-electron chi connectivity index (χ3n) is 0.844. The summed E-state index contributed by atoms with van der Waals surface area (Å²) in [5, 5.41) is 3.06. The standard InChI is InChI=1S/C7H13N.C2H6/c1-5-7(4)8-6(2)3;1-2/h5,8H,2H2,1,3-4H3;1-2H3/b7-5-;. The number of rotatable bonds is 2. The van der Waals surface area contributed by atoms with Gasteiger partial charge in [0.05, 0.1) is 0 Å². The molecule has 0 atom stereocenters. The largest absolute Gasteiger partial charge is 0.364 e. The highest BCUT2D eigenvalue weighted by molar-refractivity contribution is 5.02. The van der Waals surface area contributed by atoms with Gasteiger partial charge in [-0.2, -0.15) is 0 Å². The molecule has 0 aliphatic carbocycles. The first kappa shape index (κ1) is 12.0. The van der Waals surface area contributed by atoms with Crippen LogP contribution in [-0.4, -0.2) is 0 Å². The highest BCUT2D eigenvalue weighted by Crippen LogP contribution is 1.88. The van der Waals surface area contributed by atoms with Crippen molar-refractivity contribution < 1.29 is 0 Å².